The van der Waals surface area contributed by atoms with Crippen molar-refractivity contribution >= 4 is 12.0 Å². The second-order valence-corrected chi connectivity index (χ2v) is 4.10. The monoisotopic (exact) mass is 239 g/mol. The van der Waals surface area contributed by atoms with E-state index in [0.29, 0.717) is 0 Å². The highest BCUT2D eigenvalue weighted by molar-refractivity contribution is 5.87. The molecule has 0 aliphatic heterocycles. The lowest BCUT2D eigenvalue weighted by Gasteiger charge is -2.22. The van der Waals surface area contributed by atoms with Crippen molar-refractivity contribution in [3.63, 3.8) is 0 Å². The Labute approximate surface area is 99.3 Å². The van der Waals surface area contributed by atoms with Crippen LogP contribution in [0.15, 0.2) is 0 Å². The summed E-state index contributed by atoms with van der Waals surface area (Å²) in [4.78, 5) is 15.5. The Kier molecular flexibility index (Phi) is 3.79. The van der Waals surface area contributed by atoms with Crippen molar-refractivity contribution in [1.29, 1.82) is 0 Å². The Morgan fingerprint density at radius 1 is 1.41 bits per heavy atom. The van der Waals surface area contributed by atoms with Crippen LogP contribution < -0.4 is 15.4 Å². The molecule has 94 valence electrons. The van der Waals surface area contributed by atoms with Gasteiger partial charge in [-0.05, 0) is 12.8 Å². The fourth-order valence-corrected chi connectivity index (χ4v) is 1.97. The predicted molar refractivity (Wildman–Crippen MR) is 62.0 cm³/mol. The van der Waals surface area contributed by atoms with Crippen molar-refractivity contribution in [2.45, 2.75) is 38.1 Å². The minimum absolute atomic E-state index is 0.206. The van der Waals surface area contributed by atoms with E-state index in [1.807, 2.05) is 0 Å². The van der Waals surface area contributed by atoms with Gasteiger partial charge in [0.15, 0.2) is 0 Å². The van der Waals surface area contributed by atoms with Crippen molar-refractivity contribution in [3.8, 4) is 6.01 Å². The average molecular weight is 239 g/mol. The molecule has 1 aromatic rings. The molecule has 1 fully saturated rings. The molecule has 0 bridgehead atoms. The summed E-state index contributed by atoms with van der Waals surface area (Å²) in [7, 11) is 1.47. The van der Waals surface area contributed by atoms with Gasteiger partial charge in [0.25, 0.3) is 0 Å². The van der Waals surface area contributed by atoms with Gasteiger partial charge in [-0.1, -0.05) is 19.3 Å². The summed E-state index contributed by atoms with van der Waals surface area (Å²) in [5, 5.41) is 11.8. The molecule has 0 saturated heterocycles. The Morgan fingerprint density at radius 2 is 2.18 bits per heavy atom. The first-order valence-corrected chi connectivity index (χ1v) is 5.82. The Balaban J connectivity index is 1.79. The third-order valence-corrected chi connectivity index (χ3v) is 2.82. The third kappa shape index (κ3) is 3.33. The minimum atomic E-state index is -0.254. The number of aromatic nitrogens is 3. The molecular weight excluding hydrogens is 222 g/mol. The number of H-pyrrole nitrogens is 1. The van der Waals surface area contributed by atoms with Gasteiger partial charge in [0, 0.05) is 6.04 Å². The van der Waals surface area contributed by atoms with Crippen molar-refractivity contribution in [2.75, 3.05) is 12.4 Å². The largest absolute Gasteiger partial charge is 0.466 e. The van der Waals surface area contributed by atoms with Gasteiger partial charge in [0.2, 0.25) is 5.95 Å². The zero-order valence-electron chi connectivity index (χ0n) is 9.82. The number of nitrogens with zero attached hydrogens (tertiary/aromatic N) is 2. The lowest BCUT2D eigenvalue weighted by atomic mass is 9.96. The van der Waals surface area contributed by atoms with Gasteiger partial charge in [-0.3, -0.25) is 5.32 Å². The average Bonchev–Trinajstić information content (AvgIpc) is 2.78. The maximum atomic E-state index is 11.6. The molecule has 0 unspecified atom stereocenters. The summed E-state index contributed by atoms with van der Waals surface area (Å²) in [5.74, 6) is 0.287. The first-order valence-electron chi connectivity index (χ1n) is 5.82. The Hall–Kier alpha value is -1.79. The van der Waals surface area contributed by atoms with Crippen LogP contribution in [0.5, 0.6) is 6.01 Å². The Morgan fingerprint density at radius 3 is 2.82 bits per heavy atom. The van der Waals surface area contributed by atoms with Crippen molar-refractivity contribution in [2.24, 2.45) is 0 Å². The van der Waals surface area contributed by atoms with Crippen LogP contribution in [0.2, 0.25) is 0 Å². The molecule has 0 atom stereocenters. The van der Waals surface area contributed by atoms with E-state index < -0.39 is 0 Å². The number of hydrogen-bond acceptors (Lipinski definition) is 4. The highest BCUT2D eigenvalue weighted by Crippen LogP contribution is 2.17. The van der Waals surface area contributed by atoms with E-state index in [2.05, 4.69) is 25.8 Å². The van der Waals surface area contributed by atoms with Crippen LogP contribution in [-0.4, -0.2) is 34.4 Å². The molecule has 1 aliphatic carbocycles. The molecule has 0 radical (unpaired) electrons. The molecule has 1 aromatic heterocycles. The van der Waals surface area contributed by atoms with Crippen LogP contribution in [0.25, 0.3) is 0 Å². The van der Waals surface area contributed by atoms with Crippen LogP contribution >= 0.6 is 0 Å². The maximum absolute atomic E-state index is 11.6. The number of carbonyl (C=O) groups is 1. The van der Waals surface area contributed by atoms with Gasteiger partial charge < -0.3 is 10.1 Å². The summed E-state index contributed by atoms with van der Waals surface area (Å²) < 4.78 is 4.80. The molecule has 0 spiro atoms. The number of hydrogen-bond donors (Lipinski definition) is 3. The van der Waals surface area contributed by atoms with E-state index in [0.717, 1.165) is 12.8 Å². The topological polar surface area (TPSA) is 91.9 Å². The van der Waals surface area contributed by atoms with E-state index in [1.165, 1.54) is 26.4 Å². The van der Waals surface area contributed by atoms with Crippen LogP contribution in [0.4, 0.5) is 10.7 Å². The molecule has 17 heavy (non-hydrogen) atoms. The summed E-state index contributed by atoms with van der Waals surface area (Å²) in [6.45, 7) is 0. The summed E-state index contributed by atoms with van der Waals surface area (Å²) in [6.07, 6.45) is 5.72. The fraction of sp³-hybridized carbons (Fsp3) is 0.700. The van der Waals surface area contributed by atoms with Crippen molar-refractivity contribution in [1.82, 2.24) is 20.5 Å². The van der Waals surface area contributed by atoms with Gasteiger partial charge in [-0.2, -0.15) is 4.98 Å². The fourth-order valence-electron chi connectivity index (χ4n) is 1.97. The molecule has 3 N–H and O–H groups in total. The molecule has 7 nitrogen and oxygen atoms in total. The normalized spacial score (nSPS) is 16.5. The standard InChI is InChI=1S/C10H17N5O2/c1-17-10-13-8(14-15-10)12-9(16)11-7-5-3-2-4-6-7/h7H,2-6H2,1H3,(H3,11,12,13,14,15,16). The van der Waals surface area contributed by atoms with E-state index >= 15 is 0 Å². The van der Waals surface area contributed by atoms with E-state index in [9.17, 15) is 4.79 Å². The highest BCUT2D eigenvalue weighted by Gasteiger charge is 2.16. The number of aromatic amines is 1. The third-order valence-electron chi connectivity index (χ3n) is 2.82. The summed E-state index contributed by atoms with van der Waals surface area (Å²) in [6, 6.07) is 0.224. The number of carbonyl (C=O) groups excluding carboxylic acids is 1. The zero-order valence-corrected chi connectivity index (χ0v) is 9.82. The van der Waals surface area contributed by atoms with Gasteiger partial charge >= 0.3 is 12.0 Å². The summed E-state index contributed by atoms with van der Waals surface area (Å²) in [5.41, 5.74) is 0. The SMILES string of the molecule is COc1n[nH]c(NC(=O)NC2CCCCC2)n1. The lowest BCUT2D eigenvalue weighted by Crippen LogP contribution is -2.39. The quantitative estimate of drug-likeness (QED) is 0.740. The van der Waals surface area contributed by atoms with E-state index in [-0.39, 0.29) is 24.0 Å². The second-order valence-electron chi connectivity index (χ2n) is 4.10. The van der Waals surface area contributed by atoms with Gasteiger partial charge in [-0.25, -0.2) is 9.89 Å². The number of amides is 2. The second kappa shape index (κ2) is 5.51. The van der Waals surface area contributed by atoms with Gasteiger partial charge in [-0.15, -0.1) is 5.10 Å². The predicted octanol–water partition coefficient (Wildman–Crippen LogP) is 1.27. The van der Waals surface area contributed by atoms with Crippen molar-refractivity contribution < 1.29 is 9.53 Å². The van der Waals surface area contributed by atoms with Crippen LogP contribution in [0, 0.1) is 0 Å². The highest BCUT2D eigenvalue weighted by atomic mass is 16.5. The minimum Gasteiger partial charge on any atom is -0.466 e. The Bertz CT molecular complexity index is 373. The van der Waals surface area contributed by atoms with Gasteiger partial charge in [0.1, 0.15) is 0 Å². The van der Waals surface area contributed by atoms with E-state index in [1.54, 1.807) is 0 Å². The lowest BCUT2D eigenvalue weighted by molar-refractivity contribution is 0.244. The number of methoxy groups -OCH3 is 1. The zero-order chi connectivity index (χ0) is 12.1. The van der Waals surface area contributed by atoms with E-state index in [4.69, 9.17) is 4.74 Å². The number of nitrogens with one attached hydrogen (secondary N) is 3. The van der Waals surface area contributed by atoms with Crippen LogP contribution in [-0.2, 0) is 0 Å². The molecule has 1 aliphatic rings. The van der Waals surface area contributed by atoms with Gasteiger partial charge in [0.05, 0.1) is 7.11 Å². The van der Waals surface area contributed by atoms with Crippen LogP contribution in [0.3, 0.4) is 0 Å². The van der Waals surface area contributed by atoms with Crippen molar-refractivity contribution in [3.05, 3.63) is 0 Å². The first-order chi connectivity index (χ1) is 8.28. The van der Waals surface area contributed by atoms with Crippen LogP contribution in [0.1, 0.15) is 32.1 Å². The molecule has 2 rings (SSSR count). The number of ether oxygens (including phenoxy) is 1. The molecule has 7 heteroatoms. The molecular formula is C10H17N5O2. The first kappa shape index (κ1) is 11.7. The number of rotatable bonds is 3. The summed E-state index contributed by atoms with van der Waals surface area (Å²) >= 11 is 0. The molecule has 2 amide bonds. The smallest absolute Gasteiger partial charge is 0.336 e. The molecule has 1 heterocycles. The maximum Gasteiger partial charge on any atom is 0.336 e. The number of anilines is 1. The molecule has 1 saturated carbocycles. The number of urea groups is 1. The molecule has 0 aromatic carbocycles.